The van der Waals surface area contributed by atoms with Crippen molar-refractivity contribution >= 4 is 44.2 Å². The Kier molecular flexibility index (Phi) is 4.42. The molecule has 3 rings (SSSR count). The number of hydrogen-bond acceptors (Lipinski definition) is 2. The van der Waals surface area contributed by atoms with Crippen molar-refractivity contribution in [2.24, 2.45) is 0 Å². The number of Topliss-reactive ketones (excluding diaryl/α,β-unsaturated/α-hetero) is 1. The lowest BCUT2D eigenvalue weighted by Crippen LogP contribution is -2.02. The molecule has 0 N–H and O–H groups in total. The standard InChI is InChI=1S/C18H13BrOS/c19-16-7-3-4-8-18(16)21-12-17(20)15-10-9-13-5-1-2-6-14(13)11-15/h1-11H,12H2. The number of carbonyl (C=O) groups excluding carboxylic acids is 1. The summed E-state index contributed by atoms with van der Waals surface area (Å²) in [4.78, 5) is 13.4. The van der Waals surface area contributed by atoms with E-state index in [1.165, 1.54) is 0 Å². The molecule has 0 saturated heterocycles. The number of benzene rings is 3. The minimum Gasteiger partial charge on any atom is -0.293 e. The van der Waals surface area contributed by atoms with E-state index in [1.807, 2.05) is 60.7 Å². The average Bonchev–Trinajstić information content (AvgIpc) is 2.53. The molecule has 0 aromatic heterocycles. The highest BCUT2D eigenvalue weighted by Crippen LogP contribution is 2.27. The van der Waals surface area contributed by atoms with Crippen LogP contribution in [0.25, 0.3) is 10.8 Å². The minimum atomic E-state index is 0.154. The topological polar surface area (TPSA) is 17.1 Å². The lowest BCUT2D eigenvalue weighted by molar-refractivity contribution is 0.102. The number of fused-ring (bicyclic) bond motifs is 1. The summed E-state index contributed by atoms with van der Waals surface area (Å²) in [7, 11) is 0. The van der Waals surface area contributed by atoms with Crippen LogP contribution in [0.4, 0.5) is 0 Å². The molecule has 0 aliphatic heterocycles. The number of hydrogen-bond donors (Lipinski definition) is 0. The molecule has 0 aliphatic rings. The number of ketones is 1. The Balaban J connectivity index is 1.76. The first-order chi connectivity index (χ1) is 10.2. The van der Waals surface area contributed by atoms with Gasteiger partial charge in [-0.05, 0) is 44.9 Å². The third-order valence-electron chi connectivity index (χ3n) is 3.27. The summed E-state index contributed by atoms with van der Waals surface area (Å²) < 4.78 is 1.03. The Morgan fingerprint density at radius 2 is 1.62 bits per heavy atom. The van der Waals surface area contributed by atoms with Gasteiger partial charge in [0.1, 0.15) is 0 Å². The van der Waals surface area contributed by atoms with Crippen LogP contribution < -0.4 is 0 Å². The van der Waals surface area contributed by atoms with Crippen molar-refractivity contribution in [2.75, 3.05) is 5.75 Å². The van der Waals surface area contributed by atoms with Crippen LogP contribution in [0.5, 0.6) is 0 Å². The van der Waals surface area contributed by atoms with Gasteiger partial charge in [-0.3, -0.25) is 4.79 Å². The van der Waals surface area contributed by atoms with Crippen LogP contribution >= 0.6 is 27.7 Å². The quantitative estimate of drug-likeness (QED) is 0.448. The van der Waals surface area contributed by atoms with E-state index < -0.39 is 0 Å². The first-order valence-corrected chi connectivity index (χ1v) is 8.41. The molecule has 0 radical (unpaired) electrons. The molecule has 0 aliphatic carbocycles. The average molecular weight is 357 g/mol. The van der Waals surface area contributed by atoms with Gasteiger partial charge < -0.3 is 0 Å². The summed E-state index contributed by atoms with van der Waals surface area (Å²) in [6.45, 7) is 0. The number of rotatable bonds is 4. The molecular weight excluding hydrogens is 344 g/mol. The van der Waals surface area contributed by atoms with Crippen LogP contribution in [0.2, 0.25) is 0 Å². The molecule has 104 valence electrons. The minimum absolute atomic E-state index is 0.154. The van der Waals surface area contributed by atoms with Crippen LogP contribution in [0, 0.1) is 0 Å². The fourth-order valence-corrected chi connectivity index (χ4v) is 3.61. The van der Waals surface area contributed by atoms with E-state index in [4.69, 9.17) is 0 Å². The zero-order chi connectivity index (χ0) is 14.7. The number of carbonyl (C=O) groups is 1. The van der Waals surface area contributed by atoms with E-state index in [2.05, 4.69) is 22.0 Å². The Labute approximate surface area is 136 Å². The van der Waals surface area contributed by atoms with Crippen molar-refractivity contribution in [3.05, 3.63) is 76.8 Å². The third-order valence-corrected chi connectivity index (χ3v) is 5.29. The molecule has 0 unspecified atom stereocenters. The monoisotopic (exact) mass is 356 g/mol. The van der Waals surface area contributed by atoms with Gasteiger partial charge in [-0.2, -0.15) is 0 Å². The Hall–Kier alpha value is -1.58. The van der Waals surface area contributed by atoms with Gasteiger partial charge >= 0.3 is 0 Å². The van der Waals surface area contributed by atoms with Crippen molar-refractivity contribution in [3.63, 3.8) is 0 Å². The van der Waals surface area contributed by atoms with Gasteiger partial charge in [0, 0.05) is 14.9 Å². The molecule has 21 heavy (non-hydrogen) atoms. The zero-order valence-electron chi connectivity index (χ0n) is 11.3. The van der Waals surface area contributed by atoms with Crippen LogP contribution in [-0.2, 0) is 0 Å². The first-order valence-electron chi connectivity index (χ1n) is 6.63. The van der Waals surface area contributed by atoms with Gasteiger partial charge in [-0.25, -0.2) is 0 Å². The van der Waals surface area contributed by atoms with Crippen LogP contribution in [0.3, 0.4) is 0 Å². The SMILES string of the molecule is O=C(CSc1ccccc1Br)c1ccc2ccccc2c1. The third kappa shape index (κ3) is 3.36. The smallest absolute Gasteiger partial charge is 0.173 e. The van der Waals surface area contributed by atoms with Crippen molar-refractivity contribution in [1.29, 1.82) is 0 Å². The van der Waals surface area contributed by atoms with Crippen molar-refractivity contribution in [3.8, 4) is 0 Å². The fraction of sp³-hybridized carbons (Fsp3) is 0.0556. The highest BCUT2D eigenvalue weighted by Gasteiger charge is 2.08. The molecule has 1 nitrogen and oxygen atoms in total. The molecule has 3 heteroatoms. The summed E-state index contributed by atoms with van der Waals surface area (Å²) in [6, 6.07) is 21.9. The largest absolute Gasteiger partial charge is 0.293 e. The maximum atomic E-state index is 12.3. The normalized spacial score (nSPS) is 10.7. The Bertz CT molecular complexity index is 798. The second-order valence-corrected chi connectivity index (χ2v) is 6.58. The van der Waals surface area contributed by atoms with Crippen molar-refractivity contribution in [2.45, 2.75) is 4.90 Å². The predicted octanol–water partition coefficient (Wildman–Crippen LogP) is 5.58. The molecule has 3 aromatic carbocycles. The van der Waals surface area contributed by atoms with E-state index >= 15 is 0 Å². The fourth-order valence-electron chi connectivity index (χ4n) is 2.15. The van der Waals surface area contributed by atoms with E-state index in [-0.39, 0.29) is 5.78 Å². The highest BCUT2D eigenvalue weighted by molar-refractivity contribution is 9.10. The summed E-state index contributed by atoms with van der Waals surface area (Å²) in [5, 5.41) is 2.27. The molecule has 0 spiro atoms. The highest BCUT2D eigenvalue weighted by atomic mass is 79.9. The summed E-state index contributed by atoms with van der Waals surface area (Å²) in [5.74, 6) is 0.600. The second-order valence-electron chi connectivity index (χ2n) is 4.70. The predicted molar refractivity (Wildman–Crippen MR) is 93.1 cm³/mol. The Morgan fingerprint density at radius 3 is 2.43 bits per heavy atom. The number of thioether (sulfide) groups is 1. The molecule has 3 aromatic rings. The lowest BCUT2D eigenvalue weighted by atomic mass is 10.1. The van der Waals surface area contributed by atoms with E-state index in [1.54, 1.807) is 11.8 Å². The Morgan fingerprint density at radius 1 is 0.905 bits per heavy atom. The maximum absolute atomic E-state index is 12.3. The van der Waals surface area contributed by atoms with Crippen LogP contribution in [-0.4, -0.2) is 11.5 Å². The molecule has 0 atom stereocenters. The van der Waals surface area contributed by atoms with Gasteiger partial charge in [0.2, 0.25) is 0 Å². The first kappa shape index (κ1) is 14.4. The lowest BCUT2D eigenvalue weighted by Gasteiger charge is -2.05. The molecule has 0 amide bonds. The summed E-state index contributed by atoms with van der Waals surface area (Å²) in [6.07, 6.45) is 0. The molecule has 0 bridgehead atoms. The van der Waals surface area contributed by atoms with Gasteiger partial charge in [0.05, 0.1) is 5.75 Å². The van der Waals surface area contributed by atoms with Crippen molar-refractivity contribution < 1.29 is 4.79 Å². The zero-order valence-corrected chi connectivity index (χ0v) is 13.7. The van der Waals surface area contributed by atoms with Crippen LogP contribution in [0.1, 0.15) is 10.4 Å². The molecule has 0 heterocycles. The summed E-state index contributed by atoms with van der Waals surface area (Å²) >= 11 is 5.06. The maximum Gasteiger partial charge on any atom is 0.173 e. The summed E-state index contributed by atoms with van der Waals surface area (Å²) in [5.41, 5.74) is 0.772. The molecule has 0 saturated carbocycles. The van der Waals surface area contributed by atoms with Gasteiger partial charge in [-0.15, -0.1) is 11.8 Å². The van der Waals surface area contributed by atoms with E-state index in [0.29, 0.717) is 5.75 Å². The van der Waals surface area contributed by atoms with Crippen LogP contribution in [0.15, 0.2) is 76.1 Å². The van der Waals surface area contributed by atoms with Gasteiger partial charge in [0.15, 0.2) is 5.78 Å². The second kappa shape index (κ2) is 6.46. The van der Waals surface area contributed by atoms with E-state index in [0.717, 1.165) is 25.7 Å². The van der Waals surface area contributed by atoms with Gasteiger partial charge in [0.25, 0.3) is 0 Å². The molecule has 0 fully saturated rings. The van der Waals surface area contributed by atoms with E-state index in [9.17, 15) is 4.79 Å². The van der Waals surface area contributed by atoms with Gasteiger partial charge in [-0.1, -0.05) is 48.5 Å². The molecular formula is C18H13BrOS. The number of halogens is 1. The van der Waals surface area contributed by atoms with Crippen molar-refractivity contribution in [1.82, 2.24) is 0 Å².